The Morgan fingerprint density at radius 3 is 2.94 bits per heavy atom. The molecule has 0 spiro atoms. The Morgan fingerprint density at radius 2 is 2.17 bits per heavy atom. The fourth-order valence-corrected chi connectivity index (χ4v) is 2.76. The number of hydrogen-bond acceptors (Lipinski definition) is 3. The van der Waals surface area contributed by atoms with Crippen LogP contribution < -0.4 is 10.6 Å². The van der Waals surface area contributed by atoms with Crippen molar-refractivity contribution in [2.45, 2.75) is 51.4 Å². The van der Waals surface area contributed by atoms with E-state index in [2.05, 4.69) is 41.8 Å². The van der Waals surface area contributed by atoms with E-state index in [9.17, 15) is 5.11 Å². The van der Waals surface area contributed by atoms with Gasteiger partial charge in [0.2, 0.25) is 0 Å². The summed E-state index contributed by atoms with van der Waals surface area (Å²) in [5, 5.41) is 16.6. The van der Waals surface area contributed by atoms with Crippen LogP contribution in [0.1, 0.15) is 43.9 Å². The van der Waals surface area contributed by atoms with E-state index in [0.717, 1.165) is 25.9 Å². The third-order valence-corrected chi connectivity index (χ3v) is 3.54. The van der Waals surface area contributed by atoms with Gasteiger partial charge in [0, 0.05) is 18.6 Å². The zero-order chi connectivity index (χ0) is 13.0. The molecule has 3 atom stereocenters. The zero-order valence-corrected chi connectivity index (χ0v) is 11.3. The lowest BCUT2D eigenvalue weighted by Crippen LogP contribution is -2.33. The summed E-state index contributed by atoms with van der Waals surface area (Å²) >= 11 is 0. The minimum absolute atomic E-state index is 0.244. The number of rotatable bonds is 4. The van der Waals surface area contributed by atoms with Crippen LogP contribution in [0.5, 0.6) is 0 Å². The van der Waals surface area contributed by atoms with Gasteiger partial charge in [-0.15, -0.1) is 0 Å². The van der Waals surface area contributed by atoms with Crippen molar-refractivity contribution in [2.24, 2.45) is 0 Å². The molecule has 3 heteroatoms. The van der Waals surface area contributed by atoms with Crippen molar-refractivity contribution in [2.75, 3.05) is 6.54 Å². The van der Waals surface area contributed by atoms with Gasteiger partial charge in [-0.3, -0.25) is 0 Å². The molecule has 1 aromatic rings. The number of aliphatic hydroxyl groups excluding tert-OH is 1. The van der Waals surface area contributed by atoms with Gasteiger partial charge < -0.3 is 15.7 Å². The Hall–Kier alpha value is -0.900. The van der Waals surface area contributed by atoms with Crippen molar-refractivity contribution in [1.82, 2.24) is 10.6 Å². The van der Waals surface area contributed by atoms with E-state index in [1.165, 1.54) is 11.1 Å². The molecule has 1 heterocycles. The van der Waals surface area contributed by atoms with Gasteiger partial charge in [0.25, 0.3) is 0 Å². The molecule has 18 heavy (non-hydrogen) atoms. The molecule has 1 aromatic carbocycles. The Labute approximate surface area is 110 Å². The van der Waals surface area contributed by atoms with E-state index >= 15 is 0 Å². The smallest absolute Gasteiger partial charge is 0.0526 e. The van der Waals surface area contributed by atoms with E-state index in [4.69, 9.17) is 0 Å². The second-order valence-corrected chi connectivity index (χ2v) is 5.37. The Morgan fingerprint density at radius 1 is 1.39 bits per heavy atom. The average molecular weight is 248 g/mol. The van der Waals surface area contributed by atoms with Gasteiger partial charge in [0.15, 0.2) is 0 Å². The highest BCUT2D eigenvalue weighted by Gasteiger charge is 2.19. The first-order valence-electron chi connectivity index (χ1n) is 6.89. The number of benzene rings is 1. The highest BCUT2D eigenvalue weighted by molar-refractivity contribution is 5.31. The molecule has 0 saturated carbocycles. The molecule has 0 radical (unpaired) electrons. The van der Waals surface area contributed by atoms with Gasteiger partial charge in [-0.05, 0) is 44.4 Å². The Balaban J connectivity index is 2.08. The normalized spacial score (nSPS) is 22.9. The maximum Gasteiger partial charge on any atom is 0.0526 e. The lowest BCUT2D eigenvalue weighted by Gasteiger charge is -2.24. The van der Waals surface area contributed by atoms with Gasteiger partial charge in [-0.25, -0.2) is 0 Å². The molecular weight excluding hydrogens is 224 g/mol. The monoisotopic (exact) mass is 248 g/mol. The topological polar surface area (TPSA) is 44.3 Å². The fraction of sp³-hybridized carbons (Fsp3) is 0.600. The first-order chi connectivity index (χ1) is 8.66. The van der Waals surface area contributed by atoms with E-state index in [-0.39, 0.29) is 6.10 Å². The highest BCUT2D eigenvalue weighted by Crippen LogP contribution is 2.24. The van der Waals surface area contributed by atoms with Gasteiger partial charge in [-0.1, -0.05) is 24.3 Å². The predicted octanol–water partition coefficient (Wildman–Crippen LogP) is 1.97. The predicted molar refractivity (Wildman–Crippen MR) is 74.4 cm³/mol. The van der Waals surface area contributed by atoms with Crippen LogP contribution in [0.2, 0.25) is 0 Å². The van der Waals surface area contributed by atoms with Gasteiger partial charge in [0.1, 0.15) is 0 Å². The van der Waals surface area contributed by atoms with E-state index in [1.54, 1.807) is 0 Å². The minimum atomic E-state index is -0.244. The maximum atomic E-state index is 9.45. The molecule has 2 rings (SSSR count). The van der Waals surface area contributed by atoms with Crippen LogP contribution >= 0.6 is 0 Å². The van der Waals surface area contributed by atoms with Crippen molar-refractivity contribution >= 4 is 0 Å². The van der Waals surface area contributed by atoms with E-state index in [0.29, 0.717) is 12.1 Å². The standard InChI is InChI=1S/C15H24N2O/c1-11(9-12(2)18)17-15-7-8-16-10-13-5-3-4-6-14(13)15/h3-6,11-12,15-18H,7-10H2,1-2H3. The molecule has 0 aliphatic carbocycles. The average Bonchev–Trinajstić information content (AvgIpc) is 2.51. The molecule has 0 aromatic heterocycles. The second-order valence-electron chi connectivity index (χ2n) is 5.37. The summed E-state index contributed by atoms with van der Waals surface area (Å²) in [5.41, 5.74) is 2.79. The summed E-state index contributed by atoms with van der Waals surface area (Å²) in [7, 11) is 0. The van der Waals surface area contributed by atoms with Gasteiger partial charge in [-0.2, -0.15) is 0 Å². The van der Waals surface area contributed by atoms with Crippen LogP contribution in [-0.4, -0.2) is 23.8 Å². The maximum absolute atomic E-state index is 9.45. The fourth-order valence-electron chi connectivity index (χ4n) is 2.76. The van der Waals surface area contributed by atoms with Crippen LogP contribution in [0.25, 0.3) is 0 Å². The molecule has 0 amide bonds. The van der Waals surface area contributed by atoms with Crippen molar-refractivity contribution in [3.05, 3.63) is 35.4 Å². The summed E-state index contributed by atoms with van der Waals surface area (Å²) in [5.74, 6) is 0. The van der Waals surface area contributed by atoms with Crippen LogP contribution in [0.4, 0.5) is 0 Å². The van der Waals surface area contributed by atoms with Crippen LogP contribution in [0.15, 0.2) is 24.3 Å². The first kappa shape index (κ1) is 13.5. The number of fused-ring (bicyclic) bond motifs is 1. The third-order valence-electron chi connectivity index (χ3n) is 3.54. The molecule has 0 bridgehead atoms. The third kappa shape index (κ3) is 3.55. The molecule has 1 aliphatic heterocycles. The SMILES string of the molecule is CC(O)CC(C)NC1CCNCc2ccccc21. The molecule has 0 fully saturated rings. The van der Waals surface area contributed by atoms with Crippen LogP contribution in [0.3, 0.4) is 0 Å². The first-order valence-corrected chi connectivity index (χ1v) is 6.89. The summed E-state index contributed by atoms with van der Waals surface area (Å²) in [6, 6.07) is 9.35. The number of hydrogen-bond donors (Lipinski definition) is 3. The van der Waals surface area contributed by atoms with Crippen LogP contribution in [0, 0.1) is 0 Å². The van der Waals surface area contributed by atoms with Crippen molar-refractivity contribution in [3.63, 3.8) is 0 Å². The quantitative estimate of drug-likeness (QED) is 0.763. The van der Waals surface area contributed by atoms with E-state index in [1.807, 2.05) is 6.92 Å². The molecule has 100 valence electrons. The number of aliphatic hydroxyl groups is 1. The molecule has 0 saturated heterocycles. The van der Waals surface area contributed by atoms with Crippen LogP contribution in [-0.2, 0) is 6.54 Å². The minimum Gasteiger partial charge on any atom is -0.393 e. The number of nitrogens with one attached hydrogen (secondary N) is 2. The molecular formula is C15H24N2O. The zero-order valence-electron chi connectivity index (χ0n) is 11.3. The van der Waals surface area contributed by atoms with E-state index < -0.39 is 0 Å². The lowest BCUT2D eigenvalue weighted by atomic mass is 9.98. The molecule has 3 nitrogen and oxygen atoms in total. The summed E-state index contributed by atoms with van der Waals surface area (Å²) < 4.78 is 0. The summed E-state index contributed by atoms with van der Waals surface area (Å²) in [4.78, 5) is 0. The lowest BCUT2D eigenvalue weighted by molar-refractivity contribution is 0.167. The Bertz CT molecular complexity index is 379. The van der Waals surface area contributed by atoms with Crippen molar-refractivity contribution < 1.29 is 5.11 Å². The van der Waals surface area contributed by atoms with Gasteiger partial charge >= 0.3 is 0 Å². The molecule has 3 unspecified atom stereocenters. The summed E-state index contributed by atoms with van der Waals surface area (Å²) in [6.07, 6.45) is 1.65. The molecule has 3 N–H and O–H groups in total. The second kappa shape index (κ2) is 6.32. The largest absolute Gasteiger partial charge is 0.393 e. The van der Waals surface area contributed by atoms with Crippen molar-refractivity contribution in [1.29, 1.82) is 0 Å². The molecule has 1 aliphatic rings. The van der Waals surface area contributed by atoms with Crippen molar-refractivity contribution in [3.8, 4) is 0 Å². The summed E-state index contributed by atoms with van der Waals surface area (Å²) in [6.45, 7) is 5.99. The van der Waals surface area contributed by atoms with Gasteiger partial charge in [0.05, 0.1) is 6.10 Å². The Kier molecular flexibility index (Phi) is 4.75. The highest BCUT2D eigenvalue weighted by atomic mass is 16.3.